The second-order valence-corrected chi connectivity index (χ2v) is 13.5. The second kappa shape index (κ2) is 15.0. The number of carbonyl (C=O) groups excluding carboxylic acids is 2. The van der Waals surface area contributed by atoms with E-state index in [1.54, 1.807) is 26.0 Å². The standard InChI is InChI=1S/C38H42O16/c1-13-23(15(3)41)31(45)27-17(7-5-9-19(27)51-37-35(49)33(47)29(43)21(11-39)53-37)25(13)26-14(2)24(16(4)42)32(46)28-18(26)8-6-10-20(28)52-38-36(50)34(48)30(44)22(12-40)54-38/h5-10,21-22,29-30,33-40,43-50H,11-12H2,1-4H3/t21-,22-,29-,30-,33-,34+,35+,36-,37-,38-/m1/s1. The van der Waals surface area contributed by atoms with Crippen LogP contribution < -0.4 is 9.47 Å². The number of benzene rings is 4. The number of aromatic hydroxyl groups is 2. The zero-order valence-corrected chi connectivity index (χ0v) is 29.6. The van der Waals surface area contributed by atoms with Crippen LogP contribution in [0.2, 0.25) is 0 Å². The van der Waals surface area contributed by atoms with Gasteiger partial charge in [-0.05, 0) is 72.9 Å². The van der Waals surface area contributed by atoms with E-state index >= 15 is 0 Å². The van der Waals surface area contributed by atoms with Crippen molar-refractivity contribution >= 4 is 33.1 Å². The largest absolute Gasteiger partial charge is 0.506 e. The van der Waals surface area contributed by atoms with Crippen LogP contribution in [0.1, 0.15) is 45.7 Å². The maximum Gasteiger partial charge on any atom is 0.229 e. The van der Waals surface area contributed by atoms with Crippen molar-refractivity contribution < 1.29 is 79.6 Å². The molecule has 16 nitrogen and oxygen atoms in total. The minimum atomic E-state index is -1.80. The van der Waals surface area contributed by atoms with Crippen LogP contribution in [-0.4, -0.2) is 137 Å². The highest BCUT2D eigenvalue weighted by Crippen LogP contribution is 2.51. The van der Waals surface area contributed by atoms with E-state index in [4.69, 9.17) is 18.9 Å². The van der Waals surface area contributed by atoms with Gasteiger partial charge in [0.2, 0.25) is 12.6 Å². The number of hydrogen-bond acceptors (Lipinski definition) is 16. The van der Waals surface area contributed by atoms with Gasteiger partial charge in [-0.2, -0.15) is 0 Å². The summed E-state index contributed by atoms with van der Waals surface area (Å²) in [6.07, 6.45) is -16.4. The molecule has 0 unspecified atom stereocenters. The second-order valence-electron chi connectivity index (χ2n) is 13.5. The van der Waals surface area contributed by atoms with E-state index in [1.165, 1.54) is 38.1 Å². The molecule has 16 heteroatoms. The minimum Gasteiger partial charge on any atom is -0.506 e. The first kappa shape index (κ1) is 39.2. The van der Waals surface area contributed by atoms with Crippen LogP contribution >= 0.6 is 0 Å². The molecule has 0 amide bonds. The molecule has 10 N–H and O–H groups in total. The molecule has 2 aliphatic heterocycles. The van der Waals surface area contributed by atoms with Gasteiger partial charge in [-0.15, -0.1) is 0 Å². The Hall–Kier alpha value is -4.46. The van der Waals surface area contributed by atoms with Crippen LogP contribution in [0.4, 0.5) is 0 Å². The van der Waals surface area contributed by atoms with Crippen LogP contribution in [0, 0.1) is 13.8 Å². The predicted molar refractivity (Wildman–Crippen MR) is 188 cm³/mol. The highest BCUT2D eigenvalue weighted by atomic mass is 16.7. The Morgan fingerprint density at radius 3 is 1.26 bits per heavy atom. The van der Waals surface area contributed by atoms with E-state index in [-0.39, 0.29) is 55.3 Å². The zero-order chi connectivity index (χ0) is 39.5. The van der Waals surface area contributed by atoms with Crippen molar-refractivity contribution in [2.75, 3.05) is 13.2 Å². The summed E-state index contributed by atoms with van der Waals surface area (Å²) in [6, 6.07) is 9.08. The van der Waals surface area contributed by atoms with Gasteiger partial charge < -0.3 is 70.0 Å². The normalized spacial score (nSPS) is 28.7. The van der Waals surface area contributed by atoms with Crippen LogP contribution in [0.25, 0.3) is 32.7 Å². The van der Waals surface area contributed by atoms with Gasteiger partial charge in [0.05, 0.1) is 35.1 Å². The molecule has 290 valence electrons. The molecular formula is C38H42O16. The lowest BCUT2D eigenvalue weighted by molar-refractivity contribution is -0.277. The maximum atomic E-state index is 13.3. The molecule has 4 aromatic rings. The molecular weight excluding hydrogens is 712 g/mol. The topological polar surface area (TPSA) is 273 Å². The third-order valence-electron chi connectivity index (χ3n) is 10.2. The third kappa shape index (κ3) is 6.33. The summed E-state index contributed by atoms with van der Waals surface area (Å²) in [5, 5.41) is 106. The SMILES string of the molecule is CC(=O)c1c(C)c(-c2c(C)c(C(C)=O)c(O)c3c(O[C@@H]4O[C@H](CO)[C@@H](O)[C@H](O)[C@H]4O)cccc23)c2cccc(O[C@@H]3O[C@H](CO)[C@@H](O)[C@@H](O)[C@@H]3O)c2c1O. The van der Waals surface area contributed by atoms with E-state index < -0.39 is 97.7 Å². The number of aliphatic hydroxyl groups is 8. The lowest BCUT2D eigenvalue weighted by Crippen LogP contribution is -2.60. The van der Waals surface area contributed by atoms with E-state index in [9.17, 15) is 60.7 Å². The Bertz CT molecular complexity index is 1960. The Kier molecular flexibility index (Phi) is 10.9. The fourth-order valence-corrected chi connectivity index (χ4v) is 7.51. The summed E-state index contributed by atoms with van der Waals surface area (Å²) in [7, 11) is 0. The summed E-state index contributed by atoms with van der Waals surface area (Å²) in [6.45, 7) is 4.17. The summed E-state index contributed by atoms with van der Waals surface area (Å²) in [5.74, 6) is -2.38. The number of carbonyl (C=O) groups is 2. The number of Topliss-reactive ketones (excluding diaryl/α,β-unsaturated/α-hetero) is 2. The number of ether oxygens (including phenoxy) is 4. The summed E-state index contributed by atoms with van der Waals surface area (Å²) in [5.41, 5.74) is 0.872. The number of phenols is 2. The number of aliphatic hydroxyl groups excluding tert-OH is 8. The van der Waals surface area contributed by atoms with Crippen molar-refractivity contribution in [3.63, 3.8) is 0 Å². The van der Waals surface area contributed by atoms with Crippen LogP contribution in [0.5, 0.6) is 23.0 Å². The Labute approximate surface area is 307 Å². The monoisotopic (exact) mass is 754 g/mol. The lowest BCUT2D eigenvalue weighted by Gasteiger charge is -2.39. The minimum absolute atomic E-state index is 0.0426. The number of phenolic OH excluding ortho intramolecular Hbond substituents is 2. The van der Waals surface area contributed by atoms with Gasteiger partial charge in [0.1, 0.15) is 71.8 Å². The van der Waals surface area contributed by atoms with Gasteiger partial charge in [0.15, 0.2) is 11.6 Å². The molecule has 54 heavy (non-hydrogen) atoms. The predicted octanol–water partition coefficient (Wildman–Crippen LogP) is 0.451. The van der Waals surface area contributed by atoms with E-state index in [2.05, 4.69) is 0 Å². The van der Waals surface area contributed by atoms with Gasteiger partial charge in [-0.1, -0.05) is 24.3 Å². The quantitative estimate of drug-likeness (QED) is 0.104. The Balaban J connectivity index is 1.62. The first-order valence-corrected chi connectivity index (χ1v) is 17.1. The van der Waals surface area contributed by atoms with E-state index in [1.807, 2.05) is 0 Å². The summed E-state index contributed by atoms with van der Waals surface area (Å²) >= 11 is 0. The molecule has 10 atom stereocenters. The third-order valence-corrected chi connectivity index (χ3v) is 10.2. The molecule has 0 spiro atoms. The number of rotatable bonds is 9. The van der Waals surface area contributed by atoms with Gasteiger partial charge >= 0.3 is 0 Å². The van der Waals surface area contributed by atoms with E-state index in [0.717, 1.165) is 0 Å². The van der Waals surface area contributed by atoms with Crippen molar-refractivity contribution in [3.05, 3.63) is 58.7 Å². The summed E-state index contributed by atoms with van der Waals surface area (Å²) < 4.78 is 23.1. The van der Waals surface area contributed by atoms with Crippen LogP contribution in [0.15, 0.2) is 36.4 Å². The van der Waals surface area contributed by atoms with Crippen molar-refractivity contribution in [3.8, 4) is 34.1 Å². The van der Waals surface area contributed by atoms with Crippen molar-refractivity contribution in [1.29, 1.82) is 0 Å². The van der Waals surface area contributed by atoms with Crippen LogP contribution in [0.3, 0.4) is 0 Å². The average Bonchev–Trinajstić information content (AvgIpc) is 3.12. The molecule has 0 saturated carbocycles. The molecule has 0 radical (unpaired) electrons. The van der Waals surface area contributed by atoms with Crippen molar-refractivity contribution in [2.24, 2.45) is 0 Å². The van der Waals surface area contributed by atoms with Gasteiger partial charge in [0, 0.05) is 0 Å². The maximum absolute atomic E-state index is 13.3. The van der Waals surface area contributed by atoms with Crippen LogP contribution in [-0.2, 0) is 9.47 Å². The molecule has 0 aliphatic carbocycles. The van der Waals surface area contributed by atoms with Gasteiger partial charge in [-0.3, -0.25) is 9.59 Å². The highest BCUT2D eigenvalue weighted by Gasteiger charge is 2.46. The van der Waals surface area contributed by atoms with Gasteiger partial charge in [-0.25, -0.2) is 0 Å². The highest BCUT2D eigenvalue weighted by molar-refractivity contribution is 6.19. The molecule has 2 fully saturated rings. The van der Waals surface area contributed by atoms with Gasteiger partial charge in [0.25, 0.3) is 0 Å². The molecule has 6 rings (SSSR count). The molecule has 2 saturated heterocycles. The molecule has 4 aromatic carbocycles. The Morgan fingerprint density at radius 1 is 0.593 bits per heavy atom. The fraction of sp³-hybridized carbons (Fsp3) is 0.421. The number of hydrogen-bond donors (Lipinski definition) is 10. The molecule has 2 heterocycles. The average molecular weight is 755 g/mol. The first-order valence-electron chi connectivity index (χ1n) is 17.1. The first-order chi connectivity index (χ1) is 25.5. The molecule has 0 bridgehead atoms. The van der Waals surface area contributed by atoms with Crippen molar-refractivity contribution in [1.82, 2.24) is 0 Å². The Morgan fingerprint density at radius 2 is 0.944 bits per heavy atom. The van der Waals surface area contributed by atoms with E-state index in [0.29, 0.717) is 11.1 Å². The number of fused-ring (bicyclic) bond motifs is 2. The summed E-state index contributed by atoms with van der Waals surface area (Å²) in [4.78, 5) is 26.5. The zero-order valence-electron chi connectivity index (χ0n) is 29.6. The number of ketones is 2. The lowest BCUT2D eigenvalue weighted by atomic mass is 9.82. The fourth-order valence-electron chi connectivity index (χ4n) is 7.51. The molecule has 2 aliphatic rings. The van der Waals surface area contributed by atoms with Crippen molar-refractivity contribution in [2.45, 2.75) is 89.1 Å². The smallest absolute Gasteiger partial charge is 0.229 e. The molecule has 0 aromatic heterocycles.